The molecule has 136 valence electrons. The van der Waals surface area contributed by atoms with Gasteiger partial charge in [0.05, 0.1) is 5.69 Å². The molecule has 5 nitrogen and oxygen atoms in total. The van der Waals surface area contributed by atoms with E-state index in [9.17, 15) is 14.0 Å². The summed E-state index contributed by atoms with van der Waals surface area (Å²) in [6, 6.07) is 13.3. The van der Waals surface area contributed by atoms with Gasteiger partial charge in [0, 0.05) is 31.6 Å². The van der Waals surface area contributed by atoms with Crippen LogP contribution in [0.25, 0.3) is 0 Å². The molecule has 26 heavy (non-hydrogen) atoms. The van der Waals surface area contributed by atoms with Gasteiger partial charge in [-0.25, -0.2) is 9.18 Å². The van der Waals surface area contributed by atoms with Crippen LogP contribution in [-0.4, -0.2) is 37.0 Å². The van der Waals surface area contributed by atoms with Crippen LogP contribution in [0.3, 0.4) is 0 Å². The first-order valence-electron chi connectivity index (χ1n) is 8.71. The Kier molecular flexibility index (Phi) is 5.51. The van der Waals surface area contributed by atoms with Gasteiger partial charge in [-0.05, 0) is 42.7 Å². The number of rotatable bonds is 3. The highest BCUT2D eigenvalue weighted by atomic mass is 19.1. The van der Waals surface area contributed by atoms with Gasteiger partial charge < -0.3 is 15.5 Å². The smallest absolute Gasteiger partial charge is 0.317 e. The van der Waals surface area contributed by atoms with Gasteiger partial charge in [-0.3, -0.25) is 4.79 Å². The third-order valence-corrected chi connectivity index (χ3v) is 4.66. The van der Waals surface area contributed by atoms with E-state index in [4.69, 9.17) is 0 Å². The summed E-state index contributed by atoms with van der Waals surface area (Å²) in [4.78, 5) is 26.1. The highest BCUT2D eigenvalue weighted by molar-refractivity contribution is 6.04. The summed E-state index contributed by atoms with van der Waals surface area (Å²) in [5.41, 5.74) is 1.65. The third kappa shape index (κ3) is 4.02. The Labute approximate surface area is 152 Å². The van der Waals surface area contributed by atoms with Gasteiger partial charge in [0.1, 0.15) is 5.82 Å². The van der Waals surface area contributed by atoms with Gasteiger partial charge >= 0.3 is 6.03 Å². The summed E-state index contributed by atoms with van der Waals surface area (Å²) in [5.74, 6) is -0.635. The first kappa shape index (κ1) is 17.9. The van der Waals surface area contributed by atoms with E-state index < -0.39 is 5.82 Å². The average molecular weight is 355 g/mol. The van der Waals surface area contributed by atoms with E-state index in [0.29, 0.717) is 12.1 Å². The van der Waals surface area contributed by atoms with E-state index in [2.05, 4.69) is 10.6 Å². The quantitative estimate of drug-likeness (QED) is 0.884. The van der Waals surface area contributed by atoms with Crippen LogP contribution in [0, 0.1) is 5.82 Å². The van der Waals surface area contributed by atoms with Gasteiger partial charge in [0.2, 0.25) is 0 Å². The first-order valence-corrected chi connectivity index (χ1v) is 8.71. The summed E-state index contributed by atoms with van der Waals surface area (Å²) in [7, 11) is 1.62. The Morgan fingerprint density at radius 1 is 1.15 bits per heavy atom. The van der Waals surface area contributed by atoms with Crippen LogP contribution in [-0.2, 0) is 0 Å². The van der Waals surface area contributed by atoms with Crippen molar-refractivity contribution in [1.29, 1.82) is 0 Å². The van der Waals surface area contributed by atoms with Crippen molar-refractivity contribution < 1.29 is 14.0 Å². The number of likely N-dealkylation sites (tertiary alicyclic amines) is 1. The molecule has 2 aromatic carbocycles. The Morgan fingerprint density at radius 3 is 2.73 bits per heavy atom. The monoisotopic (exact) mass is 355 g/mol. The van der Waals surface area contributed by atoms with Crippen LogP contribution in [0.15, 0.2) is 48.5 Å². The zero-order chi connectivity index (χ0) is 18.5. The largest absolute Gasteiger partial charge is 0.341 e. The van der Waals surface area contributed by atoms with E-state index in [1.54, 1.807) is 30.1 Å². The second-order valence-electron chi connectivity index (χ2n) is 6.40. The summed E-state index contributed by atoms with van der Waals surface area (Å²) in [6.07, 6.45) is 1.88. The fraction of sp³-hybridized carbons (Fsp3) is 0.300. The van der Waals surface area contributed by atoms with Crippen molar-refractivity contribution in [1.82, 2.24) is 10.2 Å². The second kappa shape index (κ2) is 7.99. The number of piperidine rings is 1. The minimum absolute atomic E-state index is 0.0804. The predicted octanol–water partition coefficient (Wildman–Crippen LogP) is 3.60. The van der Waals surface area contributed by atoms with Crippen molar-refractivity contribution in [2.24, 2.45) is 0 Å². The summed E-state index contributed by atoms with van der Waals surface area (Å²) >= 11 is 0. The molecule has 0 aromatic heterocycles. The number of hydrogen-bond acceptors (Lipinski definition) is 2. The SMILES string of the molecule is CNC(=O)N1CCCC(c2cccc(C(=O)Nc3ccccc3F)c2)C1. The number of nitrogens with zero attached hydrogens (tertiary/aromatic N) is 1. The van der Waals surface area contributed by atoms with Gasteiger partial charge in [-0.15, -0.1) is 0 Å². The molecule has 0 aliphatic carbocycles. The van der Waals surface area contributed by atoms with Crippen molar-refractivity contribution in [3.63, 3.8) is 0 Å². The number of anilines is 1. The minimum atomic E-state index is -0.467. The maximum atomic E-state index is 13.7. The predicted molar refractivity (Wildman–Crippen MR) is 98.8 cm³/mol. The lowest BCUT2D eigenvalue weighted by molar-refractivity contribution is 0.102. The third-order valence-electron chi connectivity index (χ3n) is 4.66. The number of hydrogen-bond donors (Lipinski definition) is 2. The van der Waals surface area contributed by atoms with Crippen LogP contribution < -0.4 is 10.6 Å². The Bertz CT molecular complexity index is 809. The molecule has 3 amide bonds. The number of carbonyl (C=O) groups excluding carboxylic acids is 2. The van der Waals surface area contributed by atoms with Crippen LogP contribution in [0.5, 0.6) is 0 Å². The number of para-hydroxylation sites is 1. The first-order chi connectivity index (χ1) is 12.6. The summed E-state index contributed by atoms with van der Waals surface area (Å²) < 4.78 is 13.7. The Balaban J connectivity index is 1.74. The minimum Gasteiger partial charge on any atom is -0.341 e. The number of amides is 3. The molecule has 1 unspecified atom stereocenters. The number of nitrogens with one attached hydrogen (secondary N) is 2. The molecule has 6 heteroatoms. The van der Waals surface area contributed by atoms with Crippen LogP contribution in [0.4, 0.5) is 14.9 Å². The number of halogens is 1. The molecule has 3 rings (SSSR count). The van der Waals surface area contributed by atoms with Crippen molar-refractivity contribution >= 4 is 17.6 Å². The van der Waals surface area contributed by atoms with Crippen molar-refractivity contribution in [3.05, 3.63) is 65.5 Å². The molecule has 1 heterocycles. The zero-order valence-electron chi connectivity index (χ0n) is 14.7. The van der Waals surface area contributed by atoms with Gasteiger partial charge in [-0.1, -0.05) is 24.3 Å². The molecule has 0 saturated carbocycles. The van der Waals surface area contributed by atoms with Crippen molar-refractivity contribution in [2.75, 3.05) is 25.5 Å². The molecular weight excluding hydrogens is 333 g/mol. The number of carbonyl (C=O) groups is 2. The molecule has 1 fully saturated rings. The van der Waals surface area contributed by atoms with Crippen LogP contribution in [0.1, 0.15) is 34.7 Å². The Morgan fingerprint density at radius 2 is 1.96 bits per heavy atom. The highest BCUT2D eigenvalue weighted by Gasteiger charge is 2.24. The fourth-order valence-corrected chi connectivity index (χ4v) is 3.28. The maximum Gasteiger partial charge on any atom is 0.317 e. The molecule has 1 atom stereocenters. The van der Waals surface area contributed by atoms with Gasteiger partial charge in [-0.2, -0.15) is 0 Å². The lowest BCUT2D eigenvalue weighted by Crippen LogP contribution is -2.43. The van der Waals surface area contributed by atoms with E-state index >= 15 is 0 Å². The lowest BCUT2D eigenvalue weighted by atomic mass is 9.89. The van der Waals surface area contributed by atoms with E-state index in [1.807, 2.05) is 18.2 Å². The molecule has 1 aliphatic rings. The molecular formula is C20H22FN3O2. The van der Waals surface area contributed by atoms with E-state index in [-0.39, 0.29) is 23.5 Å². The standard InChI is InChI=1S/C20H22FN3O2/c1-22-20(26)24-11-5-8-16(13-24)14-6-4-7-15(12-14)19(25)23-18-10-3-2-9-17(18)21/h2-4,6-7,9-10,12,16H,5,8,11,13H2,1H3,(H,22,26)(H,23,25). The second-order valence-corrected chi connectivity index (χ2v) is 6.40. The summed E-state index contributed by atoms with van der Waals surface area (Å²) in [5, 5.41) is 5.26. The number of urea groups is 1. The highest BCUT2D eigenvalue weighted by Crippen LogP contribution is 2.27. The summed E-state index contributed by atoms with van der Waals surface area (Å²) in [6.45, 7) is 1.36. The van der Waals surface area contributed by atoms with Gasteiger partial charge in [0.15, 0.2) is 0 Å². The van der Waals surface area contributed by atoms with Gasteiger partial charge in [0.25, 0.3) is 5.91 Å². The topological polar surface area (TPSA) is 61.4 Å². The van der Waals surface area contributed by atoms with Crippen molar-refractivity contribution in [3.8, 4) is 0 Å². The zero-order valence-corrected chi connectivity index (χ0v) is 14.7. The lowest BCUT2D eigenvalue weighted by Gasteiger charge is -2.32. The molecule has 2 N–H and O–H groups in total. The Hall–Kier alpha value is -2.89. The van der Waals surface area contributed by atoms with E-state index in [1.165, 1.54) is 12.1 Å². The molecule has 1 saturated heterocycles. The molecule has 0 spiro atoms. The fourth-order valence-electron chi connectivity index (χ4n) is 3.28. The molecule has 2 aromatic rings. The van der Waals surface area contributed by atoms with Crippen LogP contribution in [0.2, 0.25) is 0 Å². The van der Waals surface area contributed by atoms with E-state index in [0.717, 1.165) is 24.9 Å². The van der Waals surface area contributed by atoms with Crippen molar-refractivity contribution in [2.45, 2.75) is 18.8 Å². The molecule has 0 radical (unpaired) electrons. The van der Waals surface area contributed by atoms with Crippen LogP contribution >= 0.6 is 0 Å². The number of benzene rings is 2. The molecule has 1 aliphatic heterocycles. The molecule has 0 bridgehead atoms. The maximum absolute atomic E-state index is 13.7. The average Bonchev–Trinajstić information content (AvgIpc) is 2.69. The normalized spacial score (nSPS) is 16.8.